The van der Waals surface area contributed by atoms with E-state index < -0.39 is 0 Å². The zero-order valence-electron chi connectivity index (χ0n) is 20.0. The van der Waals surface area contributed by atoms with Crippen molar-refractivity contribution in [3.05, 3.63) is 45.7 Å². The third-order valence-electron chi connectivity index (χ3n) is 7.46. The van der Waals surface area contributed by atoms with Crippen LogP contribution in [0.3, 0.4) is 0 Å². The molecule has 3 aliphatic rings. The van der Waals surface area contributed by atoms with Crippen LogP contribution in [0, 0.1) is 11.8 Å². The normalized spacial score (nSPS) is 24.5. The molecule has 2 saturated carbocycles. The largest absolute Gasteiger partial charge is 0.497 e. The summed E-state index contributed by atoms with van der Waals surface area (Å²) in [5.74, 6) is 2.37. The first-order valence-corrected chi connectivity index (χ1v) is 14.4. The number of hydrogen-bond donors (Lipinski definition) is 1. The number of benzene rings is 1. The number of methoxy groups -OCH3 is 1. The van der Waals surface area contributed by atoms with Crippen molar-refractivity contribution >= 4 is 64.0 Å². The lowest BCUT2D eigenvalue weighted by atomic mass is 9.94. The summed E-state index contributed by atoms with van der Waals surface area (Å²) in [5, 5.41) is 0. The van der Waals surface area contributed by atoms with Crippen molar-refractivity contribution in [2.24, 2.45) is 17.6 Å². The lowest BCUT2D eigenvalue weighted by Gasteiger charge is -2.30. The number of carbonyl (C=O) groups is 1. The monoisotopic (exact) mass is 548 g/mol. The molecule has 2 bridgehead atoms. The second-order valence-electron chi connectivity index (χ2n) is 9.63. The summed E-state index contributed by atoms with van der Waals surface area (Å²) < 4.78 is 6.17. The molecule has 0 spiro atoms. The minimum atomic E-state index is 0. The van der Waals surface area contributed by atoms with Gasteiger partial charge >= 0.3 is 0 Å². The zero-order chi connectivity index (χ0) is 23.7. The first-order valence-electron chi connectivity index (χ1n) is 12.3. The van der Waals surface area contributed by atoms with Crippen LogP contribution in [0.2, 0.25) is 0 Å². The number of carbonyl (C=O) groups excluding carboxylic acids is 1. The van der Waals surface area contributed by atoms with Crippen molar-refractivity contribution in [2.45, 2.75) is 57.4 Å². The van der Waals surface area contributed by atoms with E-state index in [0.29, 0.717) is 12.0 Å². The van der Waals surface area contributed by atoms with Crippen LogP contribution in [-0.2, 0) is 11.2 Å². The smallest absolute Gasteiger partial charge is 0.266 e. The van der Waals surface area contributed by atoms with Gasteiger partial charge in [-0.25, -0.2) is 0 Å². The van der Waals surface area contributed by atoms with Gasteiger partial charge in [-0.05, 0) is 92.3 Å². The van der Waals surface area contributed by atoms with Crippen molar-refractivity contribution < 1.29 is 9.53 Å². The number of fused-ring (bicyclic) bond motifs is 2. The fourth-order valence-electron chi connectivity index (χ4n) is 5.73. The summed E-state index contributed by atoms with van der Waals surface area (Å²) in [5.41, 5.74) is 8.13. The molecule has 2 N–H and O–H groups in total. The molecule has 5 rings (SSSR count). The Morgan fingerprint density at radius 2 is 2.06 bits per heavy atom. The van der Waals surface area contributed by atoms with Crippen LogP contribution < -0.4 is 10.5 Å². The van der Waals surface area contributed by atoms with Crippen LogP contribution in [-0.4, -0.2) is 34.8 Å². The highest BCUT2D eigenvalue weighted by molar-refractivity contribution is 8.26. The highest BCUT2D eigenvalue weighted by atomic mass is 35.5. The number of aryl methyl sites for hydroxylation is 1. The lowest BCUT2D eigenvalue weighted by molar-refractivity contribution is -0.124. The van der Waals surface area contributed by atoms with E-state index in [1.54, 1.807) is 18.4 Å². The number of rotatable bonds is 9. The van der Waals surface area contributed by atoms with E-state index in [-0.39, 0.29) is 18.3 Å². The van der Waals surface area contributed by atoms with Gasteiger partial charge in [-0.15, -0.1) is 23.7 Å². The van der Waals surface area contributed by atoms with Gasteiger partial charge in [-0.2, -0.15) is 0 Å². The van der Waals surface area contributed by atoms with E-state index in [1.165, 1.54) is 46.3 Å². The van der Waals surface area contributed by atoms with Crippen molar-refractivity contribution in [3.8, 4) is 16.2 Å². The van der Waals surface area contributed by atoms with Crippen molar-refractivity contribution in [1.29, 1.82) is 0 Å². The summed E-state index contributed by atoms with van der Waals surface area (Å²) >= 11 is 8.94. The van der Waals surface area contributed by atoms with Crippen LogP contribution in [0.15, 0.2) is 35.2 Å². The highest BCUT2D eigenvalue weighted by Crippen LogP contribution is 2.49. The maximum Gasteiger partial charge on any atom is 0.266 e. The molecule has 35 heavy (non-hydrogen) atoms. The summed E-state index contributed by atoms with van der Waals surface area (Å²) in [4.78, 5) is 18.6. The third-order valence-corrected chi connectivity index (χ3v) is 9.97. The van der Waals surface area contributed by atoms with Crippen molar-refractivity contribution in [1.82, 2.24) is 4.90 Å². The number of nitrogens with two attached hydrogens (primary N) is 1. The standard InChI is InChI=1S/C27H32N2O2S3.ClH/c1-31-21-8-5-7-19(14-21)23-15-20(6-3-2-4-11-28)24(33-23)16-25-26(30)29(27(32)34-25)22-13-17-9-10-18(22)12-17;/h5,7-8,14-18,22H,2-4,6,9-13,28H2,1H3;1H. The number of thiophene rings is 1. The average molecular weight is 549 g/mol. The van der Waals surface area contributed by atoms with E-state index in [1.807, 2.05) is 17.0 Å². The molecule has 1 aromatic heterocycles. The van der Waals surface area contributed by atoms with Gasteiger partial charge in [0.15, 0.2) is 0 Å². The van der Waals surface area contributed by atoms with Gasteiger partial charge in [0.2, 0.25) is 0 Å². The number of thiocarbonyl (C=S) groups is 1. The molecule has 188 valence electrons. The molecule has 1 saturated heterocycles. The molecular formula is C27H33ClN2O2S3. The third kappa shape index (κ3) is 5.64. The van der Waals surface area contributed by atoms with Gasteiger partial charge in [-0.3, -0.25) is 9.69 Å². The molecule has 3 unspecified atom stereocenters. The quantitative estimate of drug-likeness (QED) is 0.210. The van der Waals surface area contributed by atoms with Crippen LogP contribution >= 0.6 is 47.7 Å². The summed E-state index contributed by atoms with van der Waals surface area (Å²) in [6.07, 6.45) is 11.3. The highest BCUT2D eigenvalue weighted by Gasteiger charge is 2.48. The number of ether oxygens (including phenoxy) is 1. The van der Waals surface area contributed by atoms with Crippen molar-refractivity contribution in [3.63, 3.8) is 0 Å². The van der Waals surface area contributed by atoms with Crippen LogP contribution in [0.5, 0.6) is 5.75 Å². The molecule has 3 atom stereocenters. The van der Waals surface area contributed by atoms with Gasteiger partial charge in [0.25, 0.3) is 5.91 Å². The lowest BCUT2D eigenvalue weighted by Crippen LogP contribution is -2.41. The first-order chi connectivity index (χ1) is 16.6. The Kier molecular flexibility index (Phi) is 8.98. The van der Waals surface area contributed by atoms with Crippen LogP contribution in [0.4, 0.5) is 0 Å². The van der Waals surface area contributed by atoms with Gasteiger partial charge in [0, 0.05) is 15.8 Å². The Hall–Kier alpha value is -1.38. The van der Waals surface area contributed by atoms with Gasteiger partial charge in [0.05, 0.1) is 12.0 Å². The molecule has 2 aliphatic carbocycles. The zero-order valence-corrected chi connectivity index (χ0v) is 23.3. The molecule has 8 heteroatoms. The van der Waals surface area contributed by atoms with E-state index >= 15 is 0 Å². The van der Waals surface area contributed by atoms with Gasteiger partial charge in [-0.1, -0.05) is 49.0 Å². The Morgan fingerprint density at radius 3 is 2.77 bits per heavy atom. The first kappa shape index (κ1) is 26.7. The van der Waals surface area contributed by atoms with E-state index in [0.717, 1.165) is 65.1 Å². The van der Waals surface area contributed by atoms with Crippen LogP contribution in [0.25, 0.3) is 16.5 Å². The molecule has 3 fully saturated rings. The number of hydrogen-bond acceptors (Lipinski definition) is 6. The fraction of sp³-hybridized carbons (Fsp3) is 0.481. The molecular weight excluding hydrogens is 516 g/mol. The SMILES string of the molecule is COc1cccc(-c2cc(CCCCCN)c(C=C3SC(=S)N(C4CC5CCC4C5)C3=O)s2)c1.Cl. The van der Waals surface area contributed by atoms with Crippen LogP contribution in [0.1, 0.15) is 55.4 Å². The molecule has 2 heterocycles. The van der Waals surface area contributed by atoms with Crippen molar-refractivity contribution in [2.75, 3.05) is 13.7 Å². The maximum absolute atomic E-state index is 13.5. The number of amides is 1. The number of nitrogens with zero attached hydrogens (tertiary/aromatic N) is 1. The second kappa shape index (κ2) is 11.8. The van der Waals surface area contributed by atoms with Gasteiger partial charge < -0.3 is 10.5 Å². The average Bonchev–Trinajstić information content (AvgIpc) is 3.62. The predicted molar refractivity (Wildman–Crippen MR) is 154 cm³/mol. The number of thioether (sulfide) groups is 1. The molecule has 2 aromatic rings. The number of halogens is 1. The minimum Gasteiger partial charge on any atom is -0.497 e. The summed E-state index contributed by atoms with van der Waals surface area (Å²) in [6, 6.07) is 10.8. The van der Waals surface area contributed by atoms with Gasteiger partial charge in [0.1, 0.15) is 10.1 Å². The van der Waals surface area contributed by atoms with E-state index in [2.05, 4.69) is 24.3 Å². The number of unbranched alkanes of at least 4 members (excludes halogenated alkanes) is 2. The molecule has 4 nitrogen and oxygen atoms in total. The Morgan fingerprint density at radius 1 is 1.20 bits per heavy atom. The van der Waals surface area contributed by atoms with E-state index in [4.69, 9.17) is 22.7 Å². The topological polar surface area (TPSA) is 55.6 Å². The van der Waals surface area contributed by atoms with E-state index in [9.17, 15) is 4.79 Å². The molecule has 0 radical (unpaired) electrons. The summed E-state index contributed by atoms with van der Waals surface area (Å²) in [7, 11) is 1.69. The second-order valence-corrected chi connectivity index (χ2v) is 12.4. The molecule has 1 aliphatic heterocycles. The fourth-order valence-corrected chi connectivity index (χ4v) is 8.31. The molecule has 1 aromatic carbocycles. The summed E-state index contributed by atoms with van der Waals surface area (Å²) in [6.45, 7) is 0.733. The molecule has 1 amide bonds. The Bertz CT molecular complexity index is 1120. The Balaban J connectivity index is 0.00000289. The Labute approximate surface area is 228 Å². The predicted octanol–water partition coefficient (Wildman–Crippen LogP) is 6.91. The maximum atomic E-state index is 13.5. The minimum absolute atomic E-state index is 0.